The van der Waals surface area contributed by atoms with E-state index in [1.807, 2.05) is 0 Å². The highest BCUT2D eigenvalue weighted by atomic mass is 16.7. The van der Waals surface area contributed by atoms with Crippen LogP contribution in [0.25, 0.3) is 0 Å². The Kier molecular flexibility index (Phi) is 42.5. The number of carbonyl (C=O) groups is 1. The number of allylic oxidation sites excluding steroid dienone is 4. The van der Waals surface area contributed by atoms with E-state index < -0.39 is 74.2 Å². The topological polar surface area (TPSA) is 189 Å². The minimum Gasteiger partial charge on any atom is -0.394 e. The van der Waals surface area contributed by atoms with E-state index in [9.17, 15) is 40.5 Å². The Morgan fingerprint density at radius 1 is 0.515 bits per heavy atom. The van der Waals surface area contributed by atoms with Crippen molar-refractivity contribution in [3.8, 4) is 0 Å². The number of aliphatic hydroxyl groups excluding tert-OH is 7. The average molecular weight is 940 g/mol. The Labute approximate surface area is 404 Å². The van der Waals surface area contributed by atoms with Crippen molar-refractivity contribution in [1.82, 2.24) is 5.32 Å². The van der Waals surface area contributed by atoms with E-state index in [0.29, 0.717) is 19.3 Å². The first kappa shape index (κ1) is 62.6. The summed E-state index contributed by atoms with van der Waals surface area (Å²) < 4.78 is 11.1. The maximum Gasteiger partial charge on any atom is 0.249 e. The van der Waals surface area contributed by atoms with Gasteiger partial charge in [-0.3, -0.25) is 4.79 Å². The third-order valence-corrected chi connectivity index (χ3v) is 13.5. The summed E-state index contributed by atoms with van der Waals surface area (Å²) in [6.07, 6.45) is 41.0. The number of ether oxygens (including phenoxy) is 2. The maximum atomic E-state index is 13.1. The van der Waals surface area contributed by atoms with Gasteiger partial charge in [-0.1, -0.05) is 224 Å². The molecule has 0 aromatic heterocycles. The third-order valence-electron chi connectivity index (χ3n) is 13.5. The van der Waals surface area contributed by atoms with Gasteiger partial charge in [0.1, 0.15) is 36.6 Å². The van der Waals surface area contributed by atoms with Crippen molar-refractivity contribution in [2.75, 3.05) is 13.2 Å². The van der Waals surface area contributed by atoms with Gasteiger partial charge in [0.2, 0.25) is 5.91 Å². The number of amides is 1. The molecule has 1 saturated heterocycles. The second kappa shape index (κ2) is 44.8. The van der Waals surface area contributed by atoms with Crippen LogP contribution in [0.15, 0.2) is 24.3 Å². The lowest BCUT2D eigenvalue weighted by Gasteiger charge is -2.40. The molecule has 9 unspecified atom stereocenters. The van der Waals surface area contributed by atoms with Crippen LogP contribution in [0.1, 0.15) is 251 Å². The van der Waals surface area contributed by atoms with E-state index >= 15 is 0 Å². The molecule has 1 rings (SSSR count). The molecule has 8 N–H and O–H groups in total. The fraction of sp³-hybridized carbons (Fsp3) is 0.909. The van der Waals surface area contributed by atoms with Crippen LogP contribution in [0.3, 0.4) is 0 Å². The second-order valence-electron chi connectivity index (χ2n) is 19.6. The van der Waals surface area contributed by atoms with Crippen molar-refractivity contribution in [2.45, 2.75) is 306 Å². The van der Waals surface area contributed by atoms with Crippen molar-refractivity contribution in [3.63, 3.8) is 0 Å². The number of unbranched alkanes of at least 4 members (excludes halogenated alkanes) is 31. The molecule has 0 aromatic rings. The molecule has 11 heteroatoms. The van der Waals surface area contributed by atoms with E-state index in [4.69, 9.17) is 9.47 Å². The minimum absolute atomic E-state index is 0.249. The van der Waals surface area contributed by atoms with Gasteiger partial charge in [0, 0.05) is 0 Å². The molecule has 9 atom stereocenters. The van der Waals surface area contributed by atoms with Gasteiger partial charge in [0.05, 0.1) is 25.4 Å². The van der Waals surface area contributed by atoms with Gasteiger partial charge in [-0.05, 0) is 51.4 Å². The molecule has 1 aliphatic rings. The summed E-state index contributed by atoms with van der Waals surface area (Å²) in [6.45, 7) is 3.44. The number of rotatable bonds is 47. The summed E-state index contributed by atoms with van der Waals surface area (Å²) >= 11 is 0. The molecule has 0 aliphatic carbocycles. The molecule has 0 bridgehead atoms. The highest BCUT2D eigenvalue weighted by molar-refractivity contribution is 5.80. The summed E-state index contributed by atoms with van der Waals surface area (Å²) in [5.41, 5.74) is 0. The number of hydrogen-bond acceptors (Lipinski definition) is 10. The quantitative estimate of drug-likeness (QED) is 0.0215. The maximum absolute atomic E-state index is 13.1. The molecular weight excluding hydrogens is 835 g/mol. The van der Waals surface area contributed by atoms with Crippen LogP contribution in [-0.4, -0.2) is 110 Å². The van der Waals surface area contributed by atoms with Crippen LogP contribution < -0.4 is 5.32 Å². The Hall–Kier alpha value is -1.41. The lowest BCUT2D eigenvalue weighted by Crippen LogP contribution is -2.60. The number of aliphatic hydroxyl groups is 7. The molecule has 1 fully saturated rings. The molecule has 1 amide bonds. The standard InChI is InChI=1S/C55H105NO10/c1-3-5-7-9-11-13-15-17-18-19-20-21-22-23-24-25-26-27-28-29-31-32-34-36-38-40-42-47(58)50(60)46(45-65-55-53(63)52(62)51(61)49(44-57)66-55)56-54(64)48(59)43-41-39-37-35-33-30-16-14-12-10-8-6-4-2/h28-29,34,36,46-53,55,57-63H,3-27,30-33,35,37-45H2,1-2H3,(H,56,64)/b29-28+,36-34+. The van der Waals surface area contributed by atoms with Gasteiger partial charge < -0.3 is 50.5 Å². The first-order valence-corrected chi connectivity index (χ1v) is 27.7. The van der Waals surface area contributed by atoms with Crippen LogP contribution in [0.2, 0.25) is 0 Å². The van der Waals surface area contributed by atoms with Gasteiger partial charge in [-0.2, -0.15) is 0 Å². The smallest absolute Gasteiger partial charge is 0.249 e. The fourth-order valence-corrected chi connectivity index (χ4v) is 8.93. The predicted octanol–water partition coefficient (Wildman–Crippen LogP) is 11.0. The summed E-state index contributed by atoms with van der Waals surface area (Å²) in [5.74, 6) is -0.709. The zero-order valence-electron chi connectivity index (χ0n) is 42.4. The summed E-state index contributed by atoms with van der Waals surface area (Å²) in [6, 6.07) is -1.19. The first-order chi connectivity index (χ1) is 32.2. The van der Waals surface area contributed by atoms with E-state index in [-0.39, 0.29) is 12.8 Å². The SMILES string of the molecule is CCCCCCCCCCCCCCCCCCC/C=C/CC/C=C/CCCC(O)C(O)C(COC1OC(CO)C(O)C(O)C1O)NC(=O)C(O)CCCCCCCCCCCCCCC. The molecule has 0 radical (unpaired) electrons. The minimum atomic E-state index is -1.67. The molecular formula is C55H105NO10. The predicted molar refractivity (Wildman–Crippen MR) is 270 cm³/mol. The monoisotopic (exact) mass is 940 g/mol. The van der Waals surface area contributed by atoms with Crippen LogP contribution in [-0.2, 0) is 14.3 Å². The van der Waals surface area contributed by atoms with Crippen molar-refractivity contribution >= 4 is 5.91 Å². The normalized spacial score (nSPS) is 20.9. The molecule has 1 heterocycles. The van der Waals surface area contributed by atoms with Crippen molar-refractivity contribution in [2.24, 2.45) is 0 Å². The molecule has 390 valence electrons. The van der Waals surface area contributed by atoms with Gasteiger partial charge in [0.25, 0.3) is 0 Å². The van der Waals surface area contributed by atoms with Gasteiger partial charge in [-0.15, -0.1) is 0 Å². The van der Waals surface area contributed by atoms with Crippen LogP contribution >= 0.6 is 0 Å². The number of carbonyl (C=O) groups excluding carboxylic acids is 1. The van der Waals surface area contributed by atoms with Crippen molar-refractivity contribution < 1.29 is 50.0 Å². The number of nitrogens with one attached hydrogen (secondary N) is 1. The first-order valence-electron chi connectivity index (χ1n) is 27.7. The molecule has 66 heavy (non-hydrogen) atoms. The Bertz CT molecular complexity index is 1120. The molecule has 11 nitrogen and oxygen atoms in total. The van der Waals surface area contributed by atoms with E-state index in [0.717, 1.165) is 38.5 Å². The van der Waals surface area contributed by atoms with Crippen LogP contribution in [0.5, 0.6) is 0 Å². The van der Waals surface area contributed by atoms with E-state index in [2.05, 4.69) is 43.5 Å². The highest BCUT2D eigenvalue weighted by Gasteiger charge is 2.44. The highest BCUT2D eigenvalue weighted by Crippen LogP contribution is 2.23. The third kappa shape index (κ3) is 33.2. The lowest BCUT2D eigenvalue weighted by atomic mass is 9.98. The zero-order valence-corrected chi connectivity index (χ0v) is 42.4. The molecule has 0 aromatic carbocycles. The Morgan fingerprint density at radius 3 is 1.35 bits per heavy atom. The second-order valence-corrected chi connectivity index (χ2v) is 19.6. The van der Waals surface area contributed by atoms with Crippen molar-refractivity contribution in [1.29, 1.82) is 0 Å². The van der Waals surface area contributed by atoms with Crippen LogP contribution in [0, 0.1) is 0 Å². The zero-order chi connectivity index (χ0) is 48.3. The lowest BCUT2D eigenvalue weighted by molar-refractivity contribution is -0.303. The van der Waals surface area contributed by atoms with E-state index in [1.165, 1.54) is 167 Å². The molecule has 0 spiro atoms. The van der Waals surface area contributed by atoms with Crippen LogP contribution in [0.4, 0.5) is 0 Å². The van der Waals surface area contributed by atoms with Gasteiger partial charge >= 0.3 is 0 Å². The molecule has 1 aliphatic heterocycles. The Morgan fingerprint density at radius 2 is 0.909 bits per heavy atom. The largest absolute Gasteiger partial charge is 0.394 e. The Balaban J connectivity index is 2.33. The summed E-state index contributed by atoms with van der Waals surface area (Å²) in [4.78, 5) is 13.1. The molecule has 0 saturated carbocycles. The fourth-order valence-electron chi connectivity index (χ4n) is 8.93. The van der Waals surface area contributed by atoms with Crippen molar-refractivity contribution in [3.05, 3.63) is 24.3 Å². The average Bonchev–Trinajstić information content (AvgIpc) is 3.32. The number of hydrogen-bond donors (Lipinski definition) is 8. The summed E-state index contributed by atoms with van der Waals surface area (Å²) in [5, 5.41) is 75.9. The summed E-state index contributed by atoms with van der Waals surface area (Å²) in [7, 11) is 0. The van der Waals surface area contributed by atoms with E-state index in [1.54, 1.807) is 0 Å². The van der Waals surface area contributed by atoms with Gasteiger partial charge in [0.15, 0.2) is 6.29 Å². The van der Waals surface area contributed by atoms with Gasteiger partial charge in [-0.25, -0.2) is 0 Å².